The Morgan fingerprint density at radius 1 is 1.20 bits per heavy atom. The first-order valence-electron chi connectivity index (χ1n) is 5.05. The number of aliphatic hydroxyl groups is 1. The van der Waals surface area contributed by atoms with E-state index in [0.29, 0.717) is 12.0 Å². The topological polar surface area (TPSA) is 20.2 Å². The molecule has 0 aromatic heterocycles. The maximum Gasteiger partial charge on any atom is 0.131 e. The van der Waals surface area contributed by atoms with Crippen LogP contribution in [0.15, 0.2) is 12.1 Å². The zero-order valence-corrected chi connectivity index (χ0v) is 9.22. The maximum atomic E-state index is 13.3. The number of benzene rings is 1. The van der Waals surface area contributed by atoms with Gasteiger partial charge in [0.25, 0.3) is 0 Å². The summed E-state index contributed by atoms with van der Waals surface area (Å²) in [4.78, 5) is 0. The summed E-state index contributed by atoms with van der Waals surface area (Å²) in [6.07, 6.45) is -0.383. The summed E-state index contributed by atoms with van der Waals surface area (Å²) < 4.78 is 26.3. The summed E-state index contributed by atoms with van der Waals surface area (Å²) in [5.41, 5.74) is 0.539. The van der Waals surface area contributed by atoms with Gasteiger partial charge >= 0.3 is 0 Å². The number of hydrogen-bond donors (Lipinski definition) is 1. The van der Waals surface area contributed by atoms with Gasteiger partial charge in [-0.05, 0) is 30.9 Å². The fourth-order valence-electron chi connectivity index (χ4n) is 1.51. The van der Waals surface area contributed by atoms with Crippen molar-refractivity contribution in [1.82, 2.24) is 0 Å². The molecular weight excluding hydrogens is 198 g/mol. The molecule has 0 aliphatic carbocycles. The van der Waals surface area contributed by atoms with Crippen molar-refractivity contribution in [1.29, 1.82) is 0 Å². The standard InChI is InChI=1S/C12H16F2O/c1-7(2)4-12(15)9-5-8(3)10(13)6-11(9)14/h5-7,12,15H,4H2,1-3H3. The maximum absolute atomic E-state index is 13.3. The van der Waals surface area contributed by atoms with Crippen molar-refractivity contribution in [2.24, 2.45) is 5.92 Å². The lowest BCUT2D eigenvalue weighted by molar-refractivity contribution is 0.146. The van der Waals surface area contributed by atoms with Crippen LogP contribution in [0.2, 0.25) is 0 Å². The summed E-state index contributed by atoms with van der Waals surface area (Å²) in [5.74, 6) is -0.982. The molecule has 1 unspecified atom stereocenters. The van der Waals surface area contributed by atoms with Crippen LogP contribution in [-0.2, 0) is 0 Å². The van der Waals surface area contributed by atoms with Crippen LogP contribution >= 0.6 is 0 Å². The molecule has 1 rings (SSSR count). The first-order chi connectivity index (χ1) is 6.91. The molecule has 0 bridgehead atoms. The molecule has 0 saturated carbocycles. The lowest BCUT2D eigenvalue weighted by Crippen LogP contribution is -2.05. The molecule has 1 N–H and O–H groups in total. The Morgan fingerprint density at radius 2 is 1.80 bits per heavy atom. The summed E-state index contributed by atoms with van der Waals surface area (Å²) in [7, 11) is 0. The lowest BCUT2D eigenvalue weighted by atomic mass is 9.98. The molecule has 0 radical (unpaired) electrons. The van der Waals surface area contributed by atoms with Gasteiger partial charge in [0.1, 0.15) is 11.6 Å². The molecule has 15 heavy (non-hydrogen) atoms. The Kier molecular flexibility index (Phi) is 3.80. The fourth-order valence-corrected chi connectivity index (χ4v) is 1.51. The van der Waals surface area contributed by atoms with E-state index in [2.05, 4.69) is 0 Å². The number of halogens is 2. The van der Waals surface area contributed by atoms with Crippen LogP contribution < -0.4 is 0 Å². The molecule has 0 saturated heterocycles. The minimum atomic E-state index is -0.857. The third-order valence-corrected chi connectivity index (χ3v) is 2.33. The van der Waals surface area contributed by atoms with E-state index in [-0.39, 0.29) is 11.5 Å². The molecular formula is C12H16F2O. The van der Waals surface area contributed by atoms with Gasteiger partial charge in [-0.2, -0.15) is 0 Å². The van der Waals surface area contributed by atoms with Crippen molar-refractivity contribution in [3.63, 3.8) is 0 Å². The first kappa shape index (κ1) is 12.1. The van der Waals surface area contributed by atoms with Crippen LogP contribution in [0.4, 0.5) is 8.78 Å². The number of hydrogen-bond acceptors (Lipinski definition) is 1. The Bertz CT molecular complexity index is 348. The van der Waals surface area contributed by atoms with Crippen LogP contribution in [0.25, 0.3) is 0 Å². The smallest absolute Gasteiger partial charge is 0.131 e. The van der Waals surface area contributed by atoms with Crippen molar-refractivity contribution in [2.45, 2.75) is 33.3 Å². The average Bonchev–Trinajstić information content (AvgIpc) is 2.09. The predicted octanol–water partition coefficient (Wildman–Crippen LogP) is 3.35. The van der Waals surface area contributed by atoms with Crippen molar-refractivity contribution < 1.29 is 13.9 Å². The second kappa shape index (κ2) is 4.71. The van der Waals surface area contributed by atoms with E-state index in [1.165, 1.54) is 6.07 Å². The zero-order chi connectivity index (χ0) is 11.6. The van der Waals surface area contributed by atoms with Crippen LogP contribution in [0.1, 0.15) is 37.5 Å². The molecule has 3 heteroatoms. The van der Waals surface area contributed by atoms with Gasteiger partial charge in [0.15, 0.2) is 0 Å². The Labute approximate surface area is 88.7 Å². The van der Waals surface area contributed by atoms with Crippen molar-refractivity contribution >= 4 is 0 Å². The van der Waals surface area contributed by atoms with Gasteiger partial charge < -0.3 is 5.11 Å². The molecule has 0 heterocycles. The number of aryl methyl sites for hydroxylation is 1. The molecule has 0 amide bonds. The third kappa shape index (κ3) is 2.99. The van der Waals surface area contributed by atoms with E-state index in [4.69, 9.17) is 0 Å². The second-order valence-corrected chi connectivity index (χ2v) is 4.27. The van der Waals surface area contributed by atoms with E-state index in [0.717, 1.165) is 6.07 Å². The summed E-state index contributed by atoms with van der Waals surface area (Å²) in [6, 6.07) is 2.20. The largest absolute Gasteiger partial charge is 0.388 e. The average molecular weight is 214 g/mol. The zero-order valence-electron chi connectivity index (χ0n) is 9.22. The number of rotatable bonds is 3. The summed E-state index contributed by atoms with van der Waals surface area (Å²) in [6.45, 7) is 5.44. The van der Waals surface area contributed by atoms with Crippen molar-refractivity contribution in [3.05, 3.63) is 34.9 Å². The van der Waals surface area contributed by atoms with Gasteiger partial charge in [0, 0.05) is 11.6 Å². The molecule has 1 aromatic rings. The normalized spacial score (nSPS) is 13.3. The van der Waals surface area contributed by atoms with E-state index < -0.39 is 17.7 Å². The first-order valence-corrected chi connectivity index (χ1v) is 5.05. The second-order valence-electron chi connectivity index (χ2n) is 4.27. The third-order valence-electron chi connectivity index (χ3n) is 2.33. The highest BCUT2D eigenvalue weighted by atomic mass is 19.1. The van der Waals surface area contributed by atoms with Gasteiger partial charge in [0.2, 0.25) is 0 Å². The van der Waals surface area contributed by atoms with E-state index in [9.17, 15) is 13.9 Å². The minimum Gasteiger partial charge on any atom is -0.388 e. The van der Waals surface area contributed by atoms with Gasteiger partial charge in [-0.3, -0.25) is 0 Å². The lowest BCUT2D eigenvalue weighted by Gasteiger charge is -2.15. The highest BCUT2D eigenvalue weighted by molar-refractivity contribution is 5.27. The summed E-state index contributed by atoms with van der Waals surface area (Å²) >= 11 is 0. The number of aliphatic hydroxyl groups excluding tert-OH is 1. The Morgan fingerprint density at radius 3 is 2.33 bits per heavy atom. The molecule has 1 nitrogen and oxygen atoms in total. The predicted molar refractivity (Wildman–Crippen MR) is 55.5 cm³/mol. The fraction of sp³-hybridized carbons (Fsp3) is 0.500. The van der Waals surface area contributed by atoms with E-state index in [1.54, 1.807) is 6.92 Å². The SMILES string of the molecule is Cc1cc(C(O)CC(C)C)c(F)cc1F. The van der Waals surface area contributed by atoms with Crippen LogP contribution in [0, 0.1) is 24.5 Å². The molecule has 84 valence electrons. The molecule has 1 atom stereocenters. The van der Waals surface area contributed by atoms with Crippen molar-refractivity contribution in [2.75, 3.05) is 0 Å². The molecule has 0 spiro atoms. The highest BCUT2D eigenvalue weighted by Crippen LogP contribution is 2.25. The minimum absolute atomic E-state index is 0.183. The molecule has 0 aliphatic heterocycles. The van der Waals surface area contributed by atoms with Crippen LogP contribution in [-0.4, -0.2) is 5.11 Å². The van der Waals surface area contributed by atoms with Crippen LogP contribution in [0.5, 0.6) is 0 Å². The monoisotopic (exact) mass is 214 g/mol. The van der Waals surface area contributed by atoms with Gasteiger partial charge in [-0.1, -0.05) is 13.8 Å². The van der Waals surface area contributed by atoms with Gasteiger partial charge in [-0.25, -0.2) is 8.78 Å². The van der Waals surface area contributed by atoms with E-state index >= 15 is 0 Å². The van der Waals surface area contributed by atoms with Gasteiger partial charge in [0.05, 0.1) is 6.10 Å². The van der Waals surface area contributed by atoms with Crippen molar-refractivity contribution in [3.8, 4) is 0 Å². The molecule has 1 aromatic carbocycles. The van der Waals surface area contributed by atoms with Crippen LogP contribution in [0.3, 0.4) is 0 Å². The Hall–Kier alpha value is -0.960. The van der Waals surface area contributed by atoms with Gasteiger partial charge in [-0.15, -0.1) is 0 Å². The molecule has 0 aliphatic rings. The summed E-state index contributed by atoms with van der Waals surface area (Å²) in [5, 5.41) is 9.72. The van der Waals surface area contributed by atoms with E-state index in [1.807, 2.05) is 13.8 Å². The molecule has 0 fully saturated rings. The highest BCUT2D eigenvalue weighted by Gasteiger charge is 2.16. The quantitative estimate of drug-likeness (QED) is 0.818. The Balaban J connectivity index is 2.98.